The zero-order valence-corrected chi connectivity index (χ0v) is 5.46. The minimum absolute atomic E-state index is 0.992. The van der Waals surface area contributed by atoms with Gasteiger partial charge in [0.15, 0.2) is 0 Å². The summed E-state index contributed by atoms with van der Waals surface area (Å²) in [5.41, 5.74) is 5.16. The molecule has 0 amide bonds. The maximum absolute atomic E-state index is 4.29. The van der Waals surface area contributed by atoms with Gasteiger partial charge in [-0.05, 0) is 5.57 Å². The summed E-state index contributed by atoms with van der Waals surface area (Å²) < 4.78 is 0. The van der Waals surface area contributed by atoms with E-state index in [2.05, 4.69) is 9.98 Å². The molecular weight excluding hydrogens is 124 g/mol. The lowest BCUT2D eigenvalue weighted by molar-refractivity contribution is 1.17. The van der Waals surface area contributed by atoms with Gasteiger partial charge in [-0.25, -0.2) is 0 Å². The molecule has 0 N–H and O–H groups in total. The molecule has 0 saturated heterocycles. The summed E-state index contributed by atoms with van der Waals surface area (Å²) in [6.45, 7) is 0. The fourth-order valence-corrected chi connectivity index (χ4v) is 1.64. The highest BCUT2D eigenvalue weighted by Gasteiger charge is 2.28. The number of allylic oxidation sites excluding steroid dienone is 2. The van der Waals surface area contributed by atoms with Crippen LogP contribution in [0.3, 0.4) is 0 Å². The van der Waals surface area contributed by atoms with Crippen molar-refractivity contribution >= 4 is 11.4 Å². The van der Waals surface area contributed by atoms with E-state index < -0.39 is 0 Å². The smallest absolute Gasteiger partial charge is 0.0551 e. The predicted octanol–water partition coefficient (Wildman–Crippen LogP) is 1.46. The molecule has 0 unspecified atom stereocenters. The molecule has 2 heteroatoms. The van der Waals surface area contributed by atoms with Crippen LogP contribution in [0.4, 0.5) is 0 Å². The van der Waals surface area contributed by atoms with E-state index in [4.69, 9.17) is 0 Å². The molecule has 4 bridgehead atoms. The largest absolute Gasteiger partial charge is 0.264 e. The third-order valence-electron chi connectivity index (χ3n) is 2.18. The summed E-state index contributed by atoms with van der Waals surface area (Å²) in [4.78, 5) is 8.56. The SMILES string of the molecule is C1=C2CC3=NC=C2C(=N1)C3. The van der Waals surface area contributed by atoms with Crippen LogP contribution in [-0.2, 0) is 0 Å². The Labute approximate surface area is 58.7 Å². The quantitative estimate of drug-likeness (QED) is 0.474. The Hall–Kier alpha value is -1.18. The Morgan fingerprint density at radius 1 is 1.10 bits per heavy atom. The molecule has 3 heterocycles. The summed E-state index contributed by atoms with van der Waals surface area (Å²) in [5, 5.41) is 0. The van der Waals surface area contributed by atoms with Crippen LogP contribution in [0.2, 0.25) is 0 Å². The number of aliphatic imine (C=N–C) groups is 2. The molecule has 0 aromatic heterocycles. The van der Waals surface area contributed by atoms with Gasteiger partial charge in [0.25, 0.3) is 0 Å². The van der Waals surface area contributed by atoms with Crippen molar-refractivity contribution < 1.29 is 0 Å². The summed E-state index contributed by atoms with van der Waals surface area (Å²) in [6, 6.07) is 0. The van der Waals surface area contributed by atoms with Crippen LogP contribution in [0.25, 0.3) is 0 Å². The fraction of sp³-hybridized carbons (Fsp3) is 0.250. The molecule has 2 nitrogen and oxygen atoms in total. The van der Waals surface area contributed by atoms with Gasteiger partial charge in [0.05, 0.1) is 5.71 Å². The van der Waals surface area contributed by atoms with Crippen molar-refractivity contribution in [2.45, 2.75) is 12.8 Å². The van der Waals surface area contributed by atoms with Crippen LogP contribution >= 0.6 is 0 Å². The van der Waals surface area contributed by atoms with Gasteiger partial charge < -0.3 is 0 Å². The lowest BCUT2D eigenvalue weighted by atomic mass is 9.87. The van der Waals surface area contributed by atoms with Gasteiger partial charge in [0, 0.05) is 36.5 Å². The highest BCUT2D eigenvalue weighted by Crippen LogP contribution is 2.33. The maximum Gasteiger partial charge on any atom is 0.0551 e. The molecule has 0 aromatic rings. The minimum Gasteiger partial charge on any atom is -0.264 e. The van der Waals surface area contributed by atoms with E-state index in [9.17, 15) is 0 Å². The second-order valence-corrected chi connectivity index (χ2v) is 2.82. The van der Waals surface area contributed by atoms with E-state index >= 15 is 0 Å². The molecule has 0 radical (unpaired) electrons. The summed E-state index contributed by atoms with van der Waals surface area (Å²) in [7, 11) is 0. The number of fused-ring (bicyclic) bond motifs is 1. The third kappa shape index (κ3) is 0.375. The molecule has 48 valence electrons. The first-order chi connectivity index (χ1) is 4.93. The van der Waals surface area contributed by atoms with E-state index in [1.54, 1.807) is 0 Å². The Bertz CT molecular complexity index is 303. The highest BCUT2D eigenvalue weighted by molar-refractivity contribution is 6.22. The molecule has 10 heavy (non-hydrogen) atoms. The molecule has 4 aliphatic rings. The summed E-state index contributed by atoms with van der Waals surface area (Å²) in [6.07, 6.45) is 5.95. The average molecular weight is 130 g/mol. The van der Waals surface area contributed by atoms with Crippen molar-refractivity contribution in [3.05, 3.63) is 23.5 Å². The zero-order chi connectivity index (χ0) is 6.55. The molecule has 1 aliphatic carbocycles. The molecule has 0 atom stereocenters. The second kappa shape index (κ2) is 1.29. The van der Waals surface area contributed by atoms with E-state index in [1.807, 2.05) is 12.4 Å². The molecule has 3 aliphatic heterocycles. The van der Waals surface area contributed by atoms with Crippen molar-refractivity contribution in [3.8, 4) is 0 Å². The van der Waals surface area contributed by atoms with Crippen molar-refractivity contribution in [2.75, 3.05) is 0 Å². The lowest BCUT2D eigenvalue weighted by Crippen LogP contribution is -2.20. The molecule has 4 rings (SSSR count). The van der Waals surface area contributed by atoms with Crippen molar-refractivity contribution in [1.29, 1.82) is 0 Å². The molecule has 0 spiro atoms. The standard InChI is InChI=1S/C8H6N2/c1-5-3-10-8-2-6(1)9-4-7(5)8/h3-4H,1-2H2. The molecule has 1 saturated carbocycles. The van der Waals surface area contributed by atoms with Gasteiger partial charge in [0.1, 0.15) is 0 Å². The fourth-order valence-electron chi connectivity index (χ4n) is 1.64. The van der Waals surface area contributed by atoms with E-state index in [0.29, 0.717) is 0 Å². The number of hydrogen-bond acceptors (Lipinski definition) is 2. The molecule has 0 aromatic carbocycles. The van der Waals surface area contributed by atoms with Crippen molar-refractivity contribution in [3.63, 3.8) is 0 Å². The van der Waals surface area contributed by atoms with E-state index in [1.165, 1.54) is 22.6 Å². The number of nitrogens with zero attached hydrogens (tertiary/aromatic N) is 2. The Kier molecular flexibility index (Phi) is 0.592. The van der Waals surface area contributed by atoms with Gasteiger partial charge in [-0.3, -0.25) is 9.98 Å². The monoisotopic (exact) mass is 130 g/mol. The topological polar surface area (TPSA) is 24.7 Å². The lowest BCUT2D eigenvalue weighted by Gasteiger charge is -2.20. The van der Waals surface area contributed by atoms with E-state index in [0.717, 1.165) is 12.8 Å². The van der Waals surface area contributed by atoms with Gasteiger partial charge >= 0.3 is 0 Å². The van der Waals surface area contributed by atoms with Gasteiger partial charge in [0.2, 0.25) is 0 Å². The predicted molar refractivity (Wildman–Crippen MR) is 40.3 cm³/mol. The average Bonchev–Trinajstić information content (AvgIpc) is 2.29. The maximum atomic E-state index is 4.29. The summed E-state index contributed by atoms with van der Waals surface area (Å²) in [5.74, 6) is 0. The third-order valence-corrected chi connectivity index (χ3v) is 2.18. The second-order valence-electron chi connectivity index (χ2n) is 2.82. The zero-order valence-electron chi connectivity index (χ0n) is 5.46. The van der Waals surface area contributed by atoms with E-state index in [-0.39, 0.29) is 0 Å². The number of hydrogen-bond donors (Lipinski definition) is 0. The van der Waals surface area contributed by atoms with Crippen LogP contribution in [0.1, 0.15) is 12.8 Å². The molecular formula is C8H6N2. The minimum atomic E-state index is 0.992. The van der Waals surface area contributed by atoms with Gasteiger partial charge in [-0.1, -0.05) is 0 Å². The molecule has 1 fully saturated rings. The van der Waals surface area contributed by atoms with Crippen LogP contribution < -0.4 is 0 Å². The summed E-state index contributed by atoms with van der Waals surface area (Å²) >= 11 is 0. The van der Waals surface area contributed by atoms with Crippen molar-refractivity contribution in [2.24, 2.45) is 9.98 Å². The highest BCUT2D eigenvalue weighted by atomic mass is 14.8. The Balaban J connectivity index is 2.35. The Morgan fingerprint density at radius 3 is 2.80 bits per heavy atom. The first-order valence-electron chi connectivity index (χ1n) is 3.46. The normalized spacial score (nSPS) is 25.6. The van der Waals surface area contributed by atoms with Crippen LogP contribution in [0.15, 0.2) is 33.5 Å². The Morgan fingerprint density at radius 2 is 2.10 bits per heavy atom. The first kappa shape index (κ1) is 4.61. The van der Waals surface area contributed by atoms with Crippen LogP contribution in [0.5, 0.6) is 0 Å². The number of rotatable bonds is 0. The van der Waals surface area contributed by atoms with Gasteiger partial charge in [-0.2, -0.15) is 0 Å². The van der Waals surface area contributed by atoms with Crippen molar-refractivity contribution in [1.82, 2.24) is 0 Å². The van der Waals surface area contributed by atoms with Crippen LogP contribution in [0, 0.1) is 0 Å². The van der Waals surface area contributed by atoms with Gasteiger partial charge in [-0.15, -0.1) is 0 Å². The first-order valence-corrected chi connectivity index (χ1v) is 3.46. The van der Waals surface area contributed by atoms with Crippen LogP contribution in [-0.4, -0.2) is 11.4 Å².